The number of halogens is 1. The SMILES string of the molecule is N#Cc1c(NC(=O)c2ccncc2Cl)n(CCc2ccccc2)c2nc3ccccc3nc12. The van der Waals surface area contributed by atoms with Gasteiger partial charge >= 0.3 is 0 Å². The van der Waals surface area contributed by atoms with Crippen LogP contribution in [-0.2, 0) is 13.0 Å². The number of nitrogens with zero attached hydrogens (tertiary/aromatic N) is 5. The number of benzene rings is 2. The number of pyridine rings is 1. The number of anilines is 1. The van der Waals surface area contributed by atoms with Crippen LogP contribution >= 0.6 is 11.6 Å². The molecule has 2 aromatic carbocycles. The lowest BCUT2D eigenvalue weighted by molar-refractivity contribution is 0.102. The summed E-state index contributed by atoms with van der Waals surface area (Å²) in [6.45, 7) is 0.495. The van der Waals surface area contributed by atoms with Crippen LogP contribution in [0.2, 0.25) is 5.02 Å². The molecule has 0 unspecified atom stereocenters. The summed E-state index contributed by atoms with van der Waals surface area (Å²) >= 11 is 6.17. The van der Waals surface area contributed by atoms with Crippen molar-refractivity contribution >= 4 is 45.5 Å². The summed E-state index contributed by atoms with van der Waals surface area (Å²) in [4.78, 5) is 26.4. The maximum absolute atomic E-state index is 13.1. The van der Waals surface area contributed by atoms with Crippen LogP contribution in [0, 0.1) is 11.3 Å². The molecule has 0 aliphatic heterocycles. The molecule has 1 N–H and O–H groups in total. The molecule has 5 aromatic rings. The first-order valence-corrected chi connectivity index (χ1v) is 10.7. The van der Waals surface area contributed by atoms with Gasteiger partial charge in [-0.1, -0.05) is 54.1 Å². The Morgan fingerprint density at radius 2 is 1.76 bits per heavy atom. The van der Waals surface area contributed by atoms with E-state index in [0.717, 1.165) is 5.56 Å². The van der Waals surface area contributed by atoms with Gasteiger partial charge in [-0.25, -0.2) is 9.97 Å². The fraction of sp³-hybridized carbons (Fsp3) is 0.0800. The first-order chi connectivity index (χ1) is 16.2. The van der Waals surface area contributed by atoms with Crippen molar-refractivity contribution in [1.29, 1.82) is 5.26 Å². The molecular weight excluding hydrogens is 436 g/mol. The maximum atomic E-state index is 13.1. The summed E-state index contributed by atoms with van der Waals surface area (Å²) in [7, 11) is 0. The summed E-state index contributed by atoms with van der Waals surface area (Å²) in [5.41, 5.74) is 4.02. The lowest BCUT2D eigenvalue weighted by Crippen LogP contribution is -2.17. The van der Waals surface area contributed by atoms with Crippen LogP contribution in [-0.4, -0.2) is 25.4 Å². The lowest BCUT2D eigenvalue weighted by atomic mass is 10.1. The summed E-state index contributed by atoms with van der Waals surface area (Å²) in [5.74, 6) is -0.0937. The molecule has 3 heterocycles. The Labute approximate surface area is 194 Å². The van der Waals surface area contributed by atoms with Crippen molar-refractivity contribution in [1.82, 2.24) is 19.5 Å². The Morgan fingerprint density at radius 1 is 1.03 bits per heavy atom. The van der Waals surface area contributed by atoms with Crippen molar-refractivity contribution in [2.24, 2.45) is 0 Å². The van der Waals surface area contributed by atoms with Crippen molar-refractivity contribution in [2.45, 2.75) is 13.0 Å². The van der Waals surface area contributed by atoms with Gasteiger partial charge in [-0.05, 0) is 30.2 Å². The third kappa shape index (κ3) is 3.88. The van der Waals surface area contributed by atoms with Gasteiger partial charge in [0.25, 0.3) is 5.91 Å². The van der Waals surface area contributed by atoms with E-state index in [1.54, 1.807) is 0 Å². The third-order valence-electron chi connectivity index (χ3n) is 5.38. The molecule has 0 radical (unpaired) electrons. The Morgan fingerprint density at radius 3 is 2.48 bits per heavy atom. The zero-order chi connectivity index (χ0) is 22.8. The number of nitriles is 1. The molecule has 7 nitrogen and oxygen atoms in total. The summed E-state index contributed by atoms with van der Waals surface area (Å²) < 4.78 is 1.84. The summed E-state index contributed by atoms with van der Waals surface area (Å²) in [5, 5.41) is 13.1. The topological polar surface area (TPSA) is 96.5 Å². The van der Waals surface area contributed by atoms with Gasteiger partial charge in [0, 0.05) is 18.9 Å². The lowest BCUT2D eigenvalue weighted by Gasteiger charge is -2.12. The fourth-order valence-corrected chi connectivity index (χ4v) is 3.98. The number of amides is 1. The smallest absolute Gasteiger partial charge is 0.258 e. The second-order valence-corrected chi connectivity index (χ2v) is 7.82. The molecule has 160 valence electrons. The van der Waals surface area contributed by atoms with Crippen molar-refractivity contribution < 1.29 is 4.79 Å². The Bertz CT molecular complexity index is 1540. The zero-order valence-corrected chi connectivity index (χ0v) is 18.1. The van der Waals surface area contributed by atoms with E-state index in [1.807, 2.05) is 59.2 Å². The van der Waals surface area contributed by atoms with Crippen LogP contribution in [0.3, 0.4) is 0 Å². The third-order valence-corrected chi connectivity index (χ3v) is 5.68. The van der Waals surface area contributed by atoms with Gasteiger partial charge < -0.3 is 9.88 Å². The number of hydrogen-bond acceptors (Lipinski definition) is 5. The molecule has 1 amide bonds. The van der Waals surface area contributed by atoms with Crippen LogP contribution in [0.5, 0.6) is 0 Å². The van der Waals surface area contributed by atoms with Crippen molar-refractivity contribution in [2.75, 3.05) is 5.32 Å². The molecule has 0 saturated carbocycles. The van der Waals surface area contributed by atoms with E-state index in [0.29, 0.717) is 41.0 Å². The molecule has 3 aromatic heterocycles. The highest BCUT2D eigenvalue weighted by Gasteiger charge is 2.23. The molecule has 0 spiro atoms. The van der Waals surface area contributed by atoms with E-state index in [1.165, 1.54) is 18.5 Å². The van der Waals surface area contributed by atoms with Gasteiger partial charge in [0.05, 0.1) is 21.6 Å². The minimum Gasteiger partial charge on any atom is -0.309 e. The van der Waals surface area contributed by atoms with Gasteiger partial charge in [-0.2, -0.15) is 5.26 Å². The highest BCUT2D eigenvalue weighted by molar-refractivity contribution is 6.34. The first-order valence-electron chi connectivity index (χ1n) is 10.3. The number of para-hydroxylation sites is 2. The molecule has 33 heavy (non-hydrogen) atoms. The molecule has 8 heteroatoms. The normalized spacial score (nSPS) is 10.9. The Hall–Kier alpha value is -4.28. The fourth-order valence-electron chi connectivity index (χ4n) is 3.77. The monoisotopic (exact) mass is 452 g/mol. The number of fused-ring (bicyclic) bond motifs is 2. The van der Waals surface area contributed by atoms with E-state index < -0.39 is 5.91 Å². The van der Waals surface area contributed by atoms with Gasteiger partial charge in [-0.15, -0.1) is 0 Å². The predicted octanol–water partition coefficient (Wildman–Crippen LogP) is 5.00. The molecule has 0 fully saturated rings. The van der Waals surface area contributed by atoms with Gasteiger partial charge in [0.1, 0.15) is 23.0 Å². The zero-order valence-electron chi connectivity index (χ0n) is 17.4. The average Bonchev–Trinajstić information content (AvgIpc) is 3.13. The van der Waals surface area contributed by atoms with E-state index >= 15 is 0 Å². The van der Waals surface area contributed by atoms with Crippen LogP contribution in [0.1, 0.15) is 21.5 Å². The number of rotatable bonds is 5. The van der Waals surface area contributed by atoms with Crippen LogP contribution in [0.25, 0.3) is 22.2 Å². The van der Waals surface area contributed by atoms with E-state index in [2.05, 4.69) is 21.4 Å². The molecular formula is C25H17ClN6O. The number of carbonyl (C=O) groups excluding carboxylic acids is 1. The highest BCUT2D eigenvalue weighted by Crippen LogP contribution is 2.30. The van der Waals surface area contributed by atoms with Crippen molar-refractivity contribution in [3.8, 4) is 6.07 Å². The second-order valence-electron chi connectivity index (χ2n) is 7.42. The van der Waals surface area contributed by atoms with E-state index in [9.17, 15) is 10.1 Å². The van der Waals surface area contributed by atoms with Gasteiger partial charge in [-0.3, -0.25) is 9.78 Å². The Kier molecular flexibility index (Phi) is 5.43. The molecule has 0 saturated heterocycles. The molecule has 0 atom stereocenters. The number of nitrogens with one attached hydrogen (secondary N) is 1. The first kappa shape index (κ1) is 20.6. The van der Waals surface area contributed by atoms with Crippen LogP contribution in [0.4, 0.5) is 5.82 Å². The van der Waals surface area contributed by atoms with Crippen LogP contribution in [0.15, 0.2) is 73.1 Å². The minimum atomic E-state index is -0.438. The van der Waals surface area contributed by atoms with Crippen molar-refractivity contribution in [3.05, 3.63) is 94.8 Å². The molecule has 0 aliphatic carbocycles. The van der Waals surface area contributed by atoms with E-state index in [-0.39, 0.29) is 16.1 Å². The highest BCUT2D eigenvalue weighted by atomic mass is 35.5. The largest absolute Gasteiger partial charge is 0.309 e. The average molecular weight is 453 g/mol. The van der Waals surface area contributed by atoms with Gasteiger partial charge in [0.15, 0.2) is 5.65 Å². The number of aromatic nitrogens is 4. The maximum Gasteiger partial charge on any atom is 0.258 e. The predicted molar refractivity (Wildman–Crippen MR) is 127 cm³/mol. The second kappa shape index (κ2) is 8.69. The van der Waals surface area contributed by atoms with Crippen LogP contribution < -0.4 is 5.32 Å². The number of carbonyl (C=O) groups is 1. The van der Waals surface area contributed by atoms with E-state index in [4.69, 9.17) is 16.6 Å². The quantitative estimate of drug-likeness (QED) is 0.404. The Balaban J connectivity index is 1.66. The van der Waals surface area contributed by atoms with Crippen molar-refractivity contribution in [3.63, 3.8) is 0 Å². The standard InChI is InChI=1S/C25H17ClN6O/c26-19-15-28-12-10-17(19)25(33)31-23-18(14-27)22-24(30-21-9-5-4-8-20(21)29-22)32(23)13-11-16-6-2-1-3-7-16/h1-10,12,15H,11,13H2,(H,31,33). The molecule has 5 rings (SSSR count). The minimum absolute atomic E-state index is 0.224. The number of hydrogen-bond donors (Lipinski definition) is 1. The molecule has 0 aliphatic rings. The number of aryl methyl sites for hydroxylation is 2. The molecule has 0 bridgehead atoms. The summed E-state index contributed by atoms with van der Waals surface area (Å²) in [6.07, 6.45) is 3.58. The van der Waals surface area contributed by atoms with Gasteiger partial charge in [0.2, 0.25) is 0 Å². The summed E-state index contributed by atoms with van der Waals surface area (Å²) in [6, 6.07) is 21.2.